The van der Waals surface area contributed by atoms with E-state index >= 15 is 0 Å². The zero-order valence-electron chi connectivity index (χ0n) is 15.0. The lowest BCUT2D eigenvalue weighted by Gasteiger charge is -2.33. The SMILES string of the molecule is CN1CCN(Cc2ccc(NC(=O)c3cccnc3)cc2C(F)(F)F)CC1. The van der Waals surface area contributed by atoms with Gasteiger partial charge in [0.2, 0.25) is 0 Å². The number of halogens is 3. The maximum Gasteiger partial charge on any atom is 0.416 e. The highest BCUT2D eigenvalue weighted by atomic mass is 19.4. The fourth-order valence-corrected chi connectivity index (χ4v) is 3.00. The Balaban J connectivity index is 1.78. The number of piperazine rings is 1. The quantitative estimate of drug-likeness (QED) is 0.888. The van der Waals surface area contributed by atoms with E-state index in [1.807, 2.05) is 11.9 Å². The molecule has 0 radical (unpaired) electrons. The molecule has 27 heavy (non-hydrogen) atoms. The topological polar surface area (TPSA) is 48.5 Å². The van der Waals surface area contributed by atoms with Crippen molar-refractivity contribution in [2.75, 3.05) is 38.5 Å². The van der Waals surface area contributed by atoms with Crippen LogP contribution in [0.4, 0.5) is 18.9 Å². The minimum Gasteiger partial charge on any atom is -0.322 e. The number of hydrogen-bond donors (Lipinski definition) is 1. The molecule has 0 saturated carbocycles. The van der Waals surface area contributed by atoms with Crippen molar-refractivity contribution in [2.24, 2.45) is 0 Å². The number of nitrogens with one attached hydrogen (secondary N) is 1. The van der Waals surface area contributed by atoms with Crippen LogP contribution in [0.1, 0.15) is 21.5 Å². The van der Waals surface area contributed by atoms with E-state index in [2.05, 4.69) is 15.2 Å². The van der Waals surface area contributed by atoms with Gasteiger partial charge in [-0.05, 0) is 36.9 Å². The average Bonchev–Trinajstić information content (AvgIpc) is 2.64. The maximum atomic E-state index is 13.6. The number of likely N-dealkylation sites (N-methyl/N-ethyl adjacent to an activating group) is 1. The van der Waals surface area contributed by atoms with Gasteiger partial charge in [-0.2, -0.15) is 13.2 Å². The third-order valence-electron chi connectivity index (χ3n) is 4.59. The van der Waals surface area contributed by atoms with Crippen molar-refractivity contribution < 1.29 is 18.0 Å². The molecule has 1 aliphatic heterocycles. The number of benzene rings is 1. The molecule has 1 aromatic heterocycles. The molecule has 0 bridgehead atoms. The van der Waals surface area contributed by atoms with Crippen molar-refractivity contribution >= 4 is 11.6 Å². The lowest BCUT2D eigenvalue weighted by molar-refractivity contribution is -0.138. The Kier molecular flexibility index (Phi) is 5.76. The van der Waals surface area contributed by atoms with Crippen LogP contribution in [-0.4, -0.2) is 53.9 Å². The first-order valence-electron chi connectivity index (χ1n) is 8.65. The second-order valence-electron chi connectivity index (χ2n) is 6.64. The van der Waals surface area contributed by atoms with Gasteiger partial charge in [-0.15, -0.1) is 0 Å². The summed E-state index contributed by atoms with van der Waals surface area (Å²) in [6.45, 7) is 3.36. The van der Waals surface area contributed by atoms with Crippen molar-refractivity contribution in [2.45, 2.75) is 12.7 Å². The van der Waals surface area contributed by atoms with Gasteiger partial charge in [0.05, 0.1) is 11.1 Å². The third kappa shape index (κ3) is 5.05. The lowest BCUT2D eigenvalue weighted by atomic mass is 10.0. The number of carbonyl (C=O) groups excluding carboxylic acids is 1. The Morgan fingerprint density at radius 2 is 1.93 bits per heavy atom. The van der Waals surface area contributed by atoms with E-state index in [9.17, 15) is 18.0 Å². The highest BCUT2D eigenvalue weighted by Crippen LogP contribution is 2.34. The molecular formula is C19H21F3N4O. The van der Waals surface area contributed by atoms with Gasteiger partial charge in [0.15, 0.2) is 0 Å². The van der Waals surface area contributed by atoms with Crippen molar-refractivity contribution in [1.29, 1.82) is 0 Å². The minimum atomic E-state index is -4.49. The van der Waals surface area contributed by atoms with Crippen LogP contribution in [0.25, 0.3) is 0 Å². The maximum absolute atomic E-state index is 13.6. The summed E-state index contributed by atoms with van der Waals surface area (Å²) < 4.78 is 40.7. The number of carbonyl (C=O) groups is 1. The summed E-state index contributed by atoms with van der Waals surface area (Å²) in [5, 5.41) is 2.51. The molecule has 0 atom stereocenters. The number of pyridine rings is 1. The van der Waals surface area contributed by atoms with Gasteiger partial charge in [-0.3, -0.25) is 14.7 Å². The summed E-state index contributed by atoms with van der Waals surface area (Å²) in [6, 6.07) is 7.10. The Labute approximate surface area is 155 Å². The predicted octanol–water partition coefficient (Wildman–Crippen LogP) is 3.10. The Bertz CT molecular complexity index is 787. The minimum absolute atomic E-state index is 0.110. The van der Waals surface area contributed by atoms with Crippen LogP contribution in [0.2, 0.25) is 0 Å². The summed E-state index contributed by atoms with van der Waals surface area (Å²) in [5.74, 6) is -0.497. The molecule has 144 valence electrons. The monoisotopic (exact) mass is 378 g/mol. The number of hydrogen-bond acceptors (Lipinski definition) is 4. The van der Waals surface area contributed by atoms with Crippen LogP contribution in [-0.2, 0) is 12.7 Å². The standard InChI is InChI=1S/C19H21F3N4O/c1-25-7-9-26(10-8-25)13-15-4-5-16(11-17(15)19(20,21)22)24-18(27)14-3-2-6-23-12-14/h2-6,11-12H,7-10,13H2,1H3,(H,24,27). The van der Waals surface area contributed by atoms with E-state index < -0.39 is 17.6 Å². The average molecular weight is 378 g/mol. The molecule has 2 aromatic rings. The van der Waals surface area contributed by atoms with E-state index in [1.165, 1.54) is 24.5 Å². The second-order valence-corrected chi connectivity index (χ2v) is 6.64. The fraction of sp³-hybridized carbons (Fsp3) is 0.368. The number of alkyl halides is 3. The molecule has 5 nitrogen and oxygen atoms in total. The molecular weight excluding hydrogens is 357 g/mol. The first-order chi connectivity index (χ1) is 12.8. The Morgan fingerprint density at radius 3 is 2.56 bits per heavy atom. The third-order valence-corrected chi connectivity index (χ3v) is 4.59. The number of nitrogens with zero attached hydrogens (tertiary/aromatic N) is 3. The molecule has 0 aliphatic carbocycles. The molecule has 1 aliphatic rings. The predicted molar refractivity (Wildman–Crippen MR) is 96.4 cm³/mol. The molecule has 1 saturated heterocycles. The number of amides is 1. The molecule has 1 aromatic carbocycles. The number of anilines is 1. The molecule has 8 heteroatoms. The first kappa shape index (κ1) is 19.3. The van der Waals surface area contributed by atoms with Crippen molar-refractivity contribution in [3.8, 4) is 0 Å². The Hall–Kier alpha value is -2.45. The first-order valence-corrected chi connectivity index (χ1v) is 8.65. The van der Waals surface area contributed by atoms with Crippen LogP contribution < -0.4 is 5.32 Å². The van der Waals surface area contributed by atoms with Gasteiger partial charge in [0.1, 0.15) is 0 Å². The zero-order chi connectivity index (χ0) is 19.4. The van der Waals surface area contributed by atoms with Gasteiger partial charge in [0.25, 0.3) is 5.91 Å². The molecule has 1 fully saturated rings. The van der Waals surface area contributed by atoms with Crippen LogP contribution in [0, 0.1) is 0 Å². The van der Waals surface area contributed by atoms with Crippen LogP contribution in [0.3, 0.4) is 0 Å². The summed E-state index contributed by atoms with van der Waals surface area (Å²) in [4.78, 5) is 20.2. The highest BCUT2D eigenvalue weighted by molar-refractivity contribution is 6.04. The van der Waals surface area contributed by atoms with Crippen molar-refractivity contribution in [3.63, 3.8) is 0 Å². The van der Waals surface area contributed by atoms with Crippen LogP contribution in [0.15, 0.2) is 42.7 Å². The molecule has 1 amide bonds. The molecule has 3 rings (SSSR count). The number of rotatable bonds is 4. The highest BCUT2D eigenvalue weighted by Gasteiger charge is 2.34. The van der Waals surface area contributed by atoms with Crippen molar-refractivity contribution in [3.05, 3.63) is 59.4 Å². The zero-order valence-corrected chi connectivity index (χ0v) is 15.0. The molecule has 0 spiro atoms. The summed E-state index contributed by atoms with van der Waals surface area (Å²) >= 11 is 0. The van der Waals surface area contributed by atoms with Crippen LogP contribution in [0.5, 0.6) is 0 Å². The summed E-state index contributed by atoms with van der Waals surface area (Å²) in [5.41, 5.74) is -0.109. The van der Waals surface area contributed by atoms with Gasteiger partial charge in [-0.1, -0.05) is 6.07 Å². The van der Waals surface area contributed by atoms with Gasteiger partial charge < -0.3 is 10.2 Å². The van der Waals surface area contributed by atoms with E-state index in [4.69, 9.17) is 0 Å². The van der Waals surface area contributed by atoms with Crippen LogP contribution >= 0.6 is 0 Å². The summed E-state index contributed by atoms with van der Waals surface area (Å²) in [6.07, 6.45) is -1.61. The second kappa shape index (κ2) is 8.06. The lowest BCUT2D eigenvalue weighted by Crippen LogP contribution is -2.44. The molecule has 2 heterocycles. The largest absolute Gasteiger partial charge is 0.416 e. The smallest absolute Gasteiger partial charge is 0.322 e. The van der Waals surface area contributed by atoms with E-state index in [0.717, 1.165) is 32.2 Å². The van der Waals surface area contributed by atoms with Gasteiger partial charge in [0, 0.05) is 50.8 Å². The van der Waals surface area contributed by atoms with Gasteiger partial charge in [-0.25, -0.2) is 0 Å². The van der Waals surface area contributed by atoms with E-state index in [-0.39, 0.29) is 23.4 Å². The van der Waals surface area contributed by atoms with E-state index in [0.29, 0.717) is 0 Å². The van der Waals surface area contributed by atoms with E-state index in [1.54, 1.807) is 12.1 Å². The van der Waals surface area contributed by atoms with Gasteiger partial charge >= 0.3 is 6.18 Å². The number of aromatic nitrogens is 1. The summed E-state index contributed by atoms with van der Waals surface area (Å²) in [7, 11) is 2.00. The fourth-order valence-electron chi connectivity index (χ4n) is 3.00. The Morgan fingerprint density at radius 1 is 1.19 bits per heavy atom. The normalized spacial score (nSPS) is 16.3. The molecule has 0 unspecified atom stereocenters. The van der Waals surface area contributed by atoms with Crippen molar-refractivity contribution in [1.82, 2.24) is 14.8 Å². The molecule has 1 N–H and O–H groups in total.